The van der Waals surface area contributed by atoms with Gasteiger partial charge in [-0.2, -0.15) is 0 Å². The van der Waals surface area contributed by atoms with Crippen molar-refractivity contribution in [1.82, 2.24) is 0 Å². The van der Waals surface area contributed by atoms with Gasteiger partial charge in [-0.05, 0) is 30.1 Å². The molecule has 0 aliphatic heterocycles. The van der Waals surface area contributed by atoms with E-state index >= 15 is 0 Å². The molecule has 0 heteroatoms. The number of rotatable bonds is 1. The molecule has 0 aromatic rings. The van der Waals surface area contributed by atoms with Crippen molar-refractivity contribution in [1.29, 1.82) is 0 Å². The maximum Gasteiger partial charge on any atom is -0.0323 e. The first kappa shape index (κ1) is 10.5. The molecule has 3 rings (SSSR count). The Bertz CT molecular complexity index is 158. The Kier molecular flexibility index (Phi) is 3.19. The summed E-state index contributed by atoms with van der Waals surface area (Å²) < 4.78 is 0. The molecule has 0 N–H and O–H groups in total. The normalized spacial score (nSPS) is 44.1. The summed E-state index contributed by atoms with van der Waals surface area (Å²) in [5.74, 6) is 2.14. The molecule has 3 aliphatic rings. The molecule has 2 bridgehead atoms. The Morgan fingerprint density at radius 1 is 0.929 bits per heavy atom. The third kappa shape index (κ3) is 2.32. The van der Waals surface area contributed by atoms with Gasteiger partial charge in [-0.15, -0.1) is 0 Å². The lowest BCUT2D eigenvalue weighted by molar-refractivity contribution is 0.112. The highest BCUT2D eigenvalue weighted by atomic mass is 14.4. The summed E-state index contributed by atoms with van der Waals surface area (Å²) >= 11 is 0. The molecule has 3 fully saturated rings. The fourth-order valence-corrected chi connectivity index (χ4v) is 3.85. The van der Waals surface area contributed by atoms with Gasteiger partial charge in [0.25, 0.3) is 0 Å². The molecule has 0 atom stereocenters. The Morgan fingerprint density at radius 3 is 1.71 bits per heavy atom. The van der Waals surface area contributed by atoms with Gasteiger partial charge in [-0.3, -0.25) is 0 Å². The maximum atomic E-state index is 2.55. The van der Waals surface area contributed by atoms with Crippen LogP contribution in [0, 0.1) is 17.3 Å². The van der Waals surface area contributed by atoms with Crippen LogP contribution in [0.15, 0.2) is 0 Å². The number of hydrogen-bond donors (Lipinski definition) is 0. The Hall–Kier alpha value is 0. The van der Waals surface area contributed by atoms with Crippen molar-refractivity contribution >= 4 is 0 Å². The van der Waals surface area contributed by atoms with E-state index < -0.39 is 0 Å². The predicted molar refractivity (Wildman–Crippen MR) is 62.3 cm³/mol. The van der Waals surface area contributed by atoms with Gasteiger partial charge < -0.3 is 0 Å². The van der Waals surface area contributed by atoms with Crippen molar-refractivity contribution in [2.75, 3.05) is 0 Å². The van der Waals surface area contributed by atoms with Crippen LogP contribution in [0.3, 0.4) is 0 Å². The van der Waals surface area contributed by atoms with Crippen LogP contribution in [-0.2, 0) is 0 Å². The molecule has 0 spiro atoms. The Labute approximate surface area is 89.5 Å². The number of hydrogen-bond acceptors (Lipinski definition) is 0. The standard InChI is InChI=1S/C14H26/c1-3-14(2)10-12-6-4-7-13(11-14)9-5-8-12/h12-13H,3-11H2,1-2H3. The van der Waals surface area contributed by atoms with Gasteiger partial charge in [0.05, 0.1) is 0 Å². The van der Waals surface area contributed by atoms with Crippen LogP contribution >= 0.6 is 0 Å². The average Bonchev–Trinajstić information content (AvgIpc) is 2.08. The summed E-state index contributed by atoms with van der Waals surface area (Å²) in [6, 6.07) is 0. The van der Waals surface area contributed by atoms with E-state index in [0.29, 0.717) is 5.41 Å². The molecule has 0 aromatic heterocycles. The van der Waals surface area contributed by atoms with Crippen molar-refractivity contribution in [3.8, 4) is 0 Å². The fraction of sp³-hybridized carbons (Fsp3) is 1.00. The van der Waals surface area contributed by atoms with Gasteiger partial charge in [0.2, 0.25) is 0 Å². The average molecular weight is 194 g/mol. The van der Waals surface area contributed by atoms with Gasteiger partial charge in [-0.25, -0.2) is 0 Å². The number of fused-ring (bicyclic) bond motifs is 6. The molecule has 0 amide bonds. The minimum atomic E-state index is 0.691. The first-order valence-corrected chi connectivity index (χ1v) is 6.72. The van der Waals surface area contributed by atoms with Gasteiger partial charge >= 0.3 is 0 Å². The van der Waals surface area contributed by atoms with Crippen molar-refractivity contribution in [3.63, 3.8) is 0 Å². The lowest BCUT2D eigenvalue weighted by atomic mass is 9.65. The summed E-state index contributed by atoms with van der Waals surface area (Å²) in [6.07, 6.45) is 13.6. The molecule has 0 nitrogen and oxygen atoms in total. The lowest BCUT2D eigenvalue weighted by Crippen LogP contribution is -2.28. The quantitative estimate of drug-likeness (QED) is 0.563. The summed E-state index contributed by atoms with van der Waals surface area (Å²) in [6.45, 7) is 4.95. The molecular weight excluding hydrogens is 168 g/mol. The fourth-order valence-electron chi connectivity index (χ4n) is 3.85. The third-order valence-corrected chi connectivity index (χ3v) is 4.87. The van der Waals surface area contributed by atoms with Gasteiger partial charge in [0.1, 0.15) is 0 Å². The lowest BCUT2D eigenvalue weighted by Gasteiger charge is -2.41. The minimum Gasteiger partial charge on any atom is -0.0649 e. The largest absolute Gasteiger partial charge is 0.0649 e. The van der Waals surface area contributed by atoms with E-state index in [1.165, 1.54) is 57.8 Å². The van der Waals surface area contributed by atoms with Gasteiger partial charge in [-0.1, -0.05) is 58.8 Å². The first-order chi connectivity index (χ1) is 6.72. The molecule has 0 heterocycles. The summed E-state index contributed by atoms with van der Waals surface area (Å²) in [4.78, 5) is 0. The highest BCUT2D eigenvalue weighted by Gasteiger charge is 2.33. The molecule has 0 radical (unpaired) electrons. The zero-order chi connectivity index (χ0) is 10.0. The van der Waals surface area contributed by atoms with E-state index in [1.807, 2.05) is 0 Å². The topological polar surface area (TPSA) is 0 Å². The monoisotopic (exact) mass is 194 g/mol. The van der Waals surface area contributed by atoms with Crippen LogP contribution < -0.4 is 0 Å². The first-order valence-electron chi connectivity index (χ1n) is 6.72. The van der Waals surface area contributed by atoms with Crippen LogP contribution in [0.5, 0.6) is 0 Å². The van der Waals surface area contributed by atoms with Crippen molar-refractivity contribution in [3.05, 3.63) is 0 Å². The van der Waals surface area contributed by atoms with E-state index in [2.05, 4.69) is 13.8 Å². The molecule has 0 unspecified atom stereocenters. The molecule has 14 heavy (non-hydrogen) atoms. The molecular formula is C14H26. The van der Waals surface area contributed by atoms with Crippen molar-refractivity contribution < 1.29 is 0 Å². The second-order valence-electron chi connectivity index (χ2n) is 6.17. The Balaban J connectivity index is 2.10. The van der Waals surface area contributed by atoms with Gasteiger partial charge in [0.15, 0.2) is 0 Å². The molecule has 82 valence electrons. The van der Waals surface area contributed by atoms with E-state index in [4.69, 9.17) is 0 Å². The second-order valence-corrected chi connectivity index (χ2v) is 6.17. The summed E-state index contributed by atoms with van der Waals surface area (Å²) in [5, 5.41) is 0. The van der Waals surface area contributed by atoms with Crippen LogP contribution in [0.25, 0.3) is 0 Å². The highest BCUT2D eigenvalue weighted by molar-refractivity contribution is 4.85. The van der Waals surface area contributed by atoms with E-state index in [0.717, 1.165) is 11.8 Å². The zero-order valence-electron chi connectivity index (χ0n) is 10.0. The molecule has 0 aromatic carbocycles. The predicted octanol–water partition coefficient (Wildman–Crippen LogP) is 4.78. The molecule has 3 aliphatic carbocycles. The molecule has 3 saturated carbocycles. The minimum absolute atomic E-state index is 0.691. The van der Waals surface area contributed by atoms with Crippen LogP contribution in [-0.4, -0.2) is 0 Å². The summed E-state index contributed by atoms with van der Waals surface area (Å²) in [7, 11) is 0. The van der Waals surface area contributed by atoms with Gasteiger partial charge in [0, 0.05) is 0 Å². The Morgan fingerprint density at radius 2 is 1.36 bits per heavy atom. The van der Waals surface area contributed by atoms with E-state index in [-0.39, 0.29) is 0 Å². The van der Waals surface area contributed by atoms with E-state index in [1.54, 1.807) is 0 Å². The van der Waals surface area contributed by atoms with E-state index in [9.17, 15) is 0 Å². The maximum absolute atomic E-state index is 2.55. The van der Waals surface area contributed by atoms with Crippen LogP contribution in [0.1, 0.15) is 71.6 Å². The van der Waals surface area contributed by atoms with Crippen molar-refractivity contribution in [2.45, 2.75) is 71.6 Å². The SMILES string of the molecule is CCC1(C)CC2CCCC(CCC2)C1. The zero-order valence-corrected chi connectivity index (χ0v) is 10.0. The smallest absolute Gasteiger partial charge is 0.0323 e. The second kappa shape index (κ2) is 4.24. The van der Waals surface area contributed by atoms with Crippen LogP contribution in [0.2, 0.25) is 0 Å². The van der Waals surface area contributed by atoms with Crippen LogP contribution in [0.4, 0.5) is 0 Å². The molecule has 0 saturated heterocycles. The summed E-state index contributed by atoms with van der Waals surface area (Å²) in [5.41, 5.74) is 0.691. The highest BCUT2D eigenvalue weighted by Crippen LogP contribution is 2.46. The third-order valence-electron chi connectivity index (χ3n) is 4.87. The van der Waals surface area contributed by atoms with Crippen molar-refractivity contribution in [2.24, 2.45) is 17.3 Å².